The van der Waals surface area contributed by atoms with Crippen LogP contribution in [0.15, 0.2) is 60.9 Å². The molecule has 1 atom stereocenters. The molecule has 4 aromatic rings. The minimum atomic E-state index is -0.0165. The van der Waals surface area contributed by atoms with Crippen LogP contribution >= 0.6 is 0 Å². The second-order valence-electron chi connectivity index (χ2n) is 7.80. The van der Waals surface area contributed by atoms with E-state index in [9.17, 15) is 4.79 Å². The number of hydrogen-bond acceptors (Lipinski definition) is 5. The summed E-state index contributed by atoms with van der Waals surface area (Å²) in [6.45, 7) is 4.74. The third kappa shape index (κ3) is 3.77. The third-order valence-corrected chi connectivity index (χ3v) is 5.44. The molecule has 3 heterocycles. The summed E-state index contributed by atoms with van der Waals surface area (Å²) in [5.41, 5.74) is 5.64. The molecular weight excluding hydrogens is 388 g/mol. The van der Waals surface area contributed by atoms with E-state index in [1.807, 2.05) is 61.7 Å². The molecule has 3 N–H and O–H groups in total. The van der Waals surface area contributed by atoms with Gasteiger partial charge < -0.3 is 15.6 Å². The van der Waals surface area contributed by atoms with E-state index >= 15 is 0 Å². The number of aromatic nitrogens is 4. The zero-order valence-corrected chi connectivity index (χ0v) is 17.3. The van der Waals surface area contributed by atoms with Crippen LogP contribution in [0.1, 0.15) is 34.5 Å². The van der Waals surface area contributed by atoms with Gasteiger partial charge in [0.15, 0.2) is 5.82 Å². The van der Waals surface area contributed by atoms with Crippen LogP contribution in [0, 0.1) is 6.92 Å². The molecule has 1 amide bonds. The van der Waals surface area contributed by atoms with E-state index in [1.165, 1.54) is 0 Å². The van der Waals surface area contributed by atoms with Gasteiger partial charge in [-0.25, -0.2) is 15.0 Å². The van der Waals surface area contributed by atoms with Gasteiger partial charge in [0.2, 0.25) is 0 Å². The quantitative estimate of drug-likeness (QED) is 0.462. The Morgan fingerprint density at radius 3 is 2.61 bits per heavy atom. The maximum absolute atomic E-state index is 12.1. The first-order valence-corrected chi connectivity index (χ1v) is 10.2. The van der Waals surface area contributed by atoms with Gasteiger partial charge in [-0.1, -0.05) is 31.2 Å². The van der Waals surface area contributed by atoms with E-state index in [1.54, 1.807) is 6.20 Å². The molecule has 2 aromatic heterocycles. The number of amides is 1. The van der Waals surface area contributed by atoms with E-state index < -0.39 is 0 Å². The van der Waals surface area contributed by atoms with Crippen molar-refractivity contribution in [3.63, 3.8) is 0 Å². The monoisotopic (exact) mass is 410 g/mol. The lowest BCUT2D eigenvalue weighted by Gasteiger charge is -2.23. The Labute approximate surface area is 180 Å². The number of imidazole rings is 1. The highest BCUT2D eigenvalue weighted by Crippen LogP contribution is 2.28. The molecule has 2 aromatic carbocycles. The van der Waals surface area contributed by atoms with E-state index in [0.29, 0.717) is 18.2 Å². The summed E-state index contributed by atoms with van der Waals surface area (Å²) in [5.74, 6) is 2.43. The normalized spacial score (nSPS) is 15.3. The average Bonchev–Trinajstić information content (AvgIpc) is 3.23. The average molecular weight is 410 g/mol. The van der Waals surface area contributed by atoms with Gasteiger partial charge in [-0.15, -0.1) is 0 Å². The van der Waals surface area contributed by atoms with Crippen molar-refractivity contribution in [1.29, 1.82) is 0 Å². The molecule has 0 spiro atoms. The fraction of sp³-hybridized carbons (Fsp3) is 0.167. The van der Waals surface area contributed by atoms with Crippen LogP contribution in [0.5, 0.6) is 0 Å². The first-order chi connectivity index (χ1) is 15.1. The molecule has 1 aliphatic heterocycles. The van der Waals surface area contributed by atoms with Crippen LogP contribution in [0.4, 0.5) is 11.5 Å². The van der Waals surface area contributed by atoms with Crippen LogP contribution in [-0.4, -0.2) is 32.4 Å². The Morgan fingerprint density at radius 1 is 1.03 bits per heavy atom. The molecule has 7 nitrogen and oxygen atoms in total. The van der Waals surface area contributed by atoms with Crippen LogP contribution in [0.25, 0.3) is 22.8 Å². The van der Waals surface area contributed by atoms with Gasteiger partial charge >= 0.3 is 0 Å². The number of hydrogen-bond donors (Lipinski definition) is 3. The molecular formula is C24H22N6O. The highest BCUT2D eigenvalue weighted by molar-refractivity contribution is 5.97. The van der Waals surface area contributed by atoms with Crippen molar-refractivity contribution in [2.45, 2.75) is 19.8 Å². The second kappa shape index (κ2) is 7.68. The maximum atomic E-state index is 12.1. The van der Waals surface area contributed by atoms with Gasteiger partial charge in [-0.2, -0.15) is 0 Å². The van der Waals surface area contributed by atoms with Gasteiger partial charge in [0.05, 0.1) is 0 Å². The lowest BCUT2D eigenvalue weighted by Crippen LogP contribution is -2.33. The molecule has 0 aliphatic carbocycles. The van der Waals surface area contributed by atoms with Crippen molar-refractivity contribution in [3.05, 3.63) is 77.7 Å². The van der Waals surface area contributed by atoms with Gasteiger partial charge in [-0.05, 0) is 42.7 Å². The number of aromatic amines is 1. The Bertz CT molecular complexity index is 1260. The second-order valence-corrected chi connectivity index (χ2v) is 7.80. The molecule has 0 radical (unpaired) electrons. The molecule has 0 bridgehead atoms. The van der Waals surface area contributed by atoms with Crippen molar-refractivity contribution >= 4 is 17.4 Å². The van der Waals surface area contributed by atoms with Crippen LogP contribution < -0.4 is 10.6 Å². The lowest BCUT2D eigenvalue weighted by atomic mass is 9.91. The van der Waals surface area contributed by atoms with E-state index in [-0.39, 0.29) is 11.8 Å². The Hall–Kier alpha value is -4.00. The topological polar surface area (TPSA) is 95.6 Å². The number of benzene rings is 2. The van der Waals surface area contributed by atoms with Crippen molar-refractivity contribution in [1.82, 2.24) is 25.3 Å². The predicted octanol–water partition coefficient (Wildman–Crippen LogP) is 4.43. The zero-order valence-electron chi connectivity index (χ0n) is 17.3. The molecule has 5 rings (SSSR count). The lowest BCUT2D eigenvalue weighted by molar-refractivity contribution is 0.0941. The van der Waals surface area contributed by atoms with E-state index in [2.05, 4.69) is 37.5 Å². The summed E-state index contributed by atoms with van der Waals surface area (Å²) in [5, 5.41) is 6.25. The molecule has 154 valence electrons. The molecule has 1 unspecified atom stereocenters. The minimum absolute atomic E-state index is 0.0165. The maximum Gasteiger partial charge on any atom is 0.251 e. The number of fused-ring (bicyclic) bond motifs is 1. The fourth-order valence-corrected chi connectivity index (χ4v) is 3.76. The Morgan fingerprint density at radius 2 is 1.84 bits per heavy atom. The van der Waals surface area contributed by atoms with Gasteiger partial charge in [-0.3, -0.25) is 4.79 Å². The Kier molecular flexibility index (Phi) is 4.71. The van der Waals surface area contributed by atoms with Crippen molar-refractivity contribution in [2.75, 3.05) is 11.9 Å². The highest BCUT2D eigenvalue weighted by atomic mass is 16.1. The largest absolute Gasteiger partial charge is 0.351 e. The highest BCUT2D eigenvalue weighted by Gasteiger charge is 2.22. The number of carbonyl (C=O) groups is 1. The molecule has 1 aliphatic rings. The number of H-pyrrole nitrogens is 1. The van der Waals surface area contributed by atoms with Gasteiger partial charge in [0.25, 0.3) is 5.91 Å². The van der Waals surface area contributed by atoms with E-state index in [4.69, 9.17) is 0 Å². The SMILES string of the molecule is Cc1cnc(-c2ccc(-c3nccc(Nc4ccc5c(c4)C(C)CNC5=O)n3)cc2)[nH]1. The third-order valence-electron chi connectivity index (χ3n) is 5.44. The van der Waals surface area contributed by atoms with Crippen LogP contribution in [0.3, 0.4) is 0 Å². The van der Waals surface area contributed by atoms with E-state index in [0.717, 1.165) is 39.5 Å². The number of nitrogens with one attached hydrogen (secondary N) is 3. The van der Waals surface area contributed by atoms with Crippen LogP contribution in [-0.2, 0) is 0 Å². The minimum Gasteiger partial charge on any atom is -0.351 e. The summed E-state index contributed by atoms with van der Waals surface area (Å²) in [6.07, 6.45) is 3.55. The summed E-state index contributed by atoms with van der Waals surface area (Å²) >= 11 is 0. The van der Waals surface area contributed by atoms with Gasteiger partial charge in [0, 0.05) is 47.0 Å². The van der Waals surface area contributed by atoms with Crippen LogP contribution in [0.2, 0.25) is 0 Å². The van der Waals surface area contributed by atoms with Gasteiger partial charge in [0.1, 0.15) is 11.6 Å². The Balaban J connectivity index is 1.38. The first-order valence-electron chi connectivity index (χ1n) is 10.2. The predicted molar refractivity (Wildman–Crippen MR) is 120 cm³/mol. The molecule has 0 fully saturated rings. The molecule has 0 saturated carbocycles. The first kappa shape index (κ1) is 19.0. The fourth-order valence-electron chi connectivity index (χ4n) is 3.76. The summed E-state index contributed by atoms with van der Waals surface area (Å²) in [6, 6.07) is 15.6. The number of anilines is 2. The zero-order chi connectivity index (χ0) is 21.4. The summed E-state index contributed by atoms with van der Waals surface area (Å²) in [7, 11) is 0. The summed E-state index contributed by atoms with van der Waals surface area (Å²) in [4.78, 5) is 28.8. The number of carbonyl (C=O) groups excluding carboxylic acids is 1. The van der Waals surface area contributed by atoms with Crippen molar-refractivity contribution in [2.24, 2.45) is 0 Å². The number of rotatable bonds is 4. The van der Waals surface area contributed by atoms with Crippen molar-refractivity contribution in [3.8, 4) is 22.8 Å². The molecule has 31 heavy (non-hydrogen) atoms. The molecule has 7 heteroatoms. The standard InChI is InChI=1S/C24H22N6O/c1-14-12-27-24(31)19-8-7-18(11-20(14)19)29-21-9-10-25-22(30-21)16-3-5-17(6-4-16)23-26-13-15(2)28-23/h3-11,13-14H,12H2,1-2H3,(H,26,28)(H,27,31)(H,25,29,30). The van der Waals surface area contributed by atoms with Crippen molar-refractivity contribution < 1.29 is 4.79 Å². The number of aryl methyl sites for hydroxylation is 1. The molecule has 0 saturated heterocycles. The summed E-state index contributed by atoms with van der Waals surface area (Å²) < 4.78 is 0. The smallest absolute Gasteiger partial charge is 0.251 e. The number of nitrogens with zero attached hydrogens (tertiary/aromatic N) is 3.